The van der Waals surface area contributed by atoms with Crippen LogP contribution in [0.5, 0.6) is 23.0 Å². The van der Waals surface area contributed by atoms with Crippen LogP contribution >= 0.6 is 0 Å². The summed E-state index contributed by atoms with van der Waals surface area (Å²) in [5, 5.41) is 2.16. The van der Waals surface area contributed by atoms with E-state index in [4.69, 9.17) is 13.9 Å². The zero-order valence-corrected chi connectivity index (χ0v) is 25.3. The molecule has 2 heterocycles. The standard InChI is InChI=1S/C42H28N2O3/c1-4-12-29(13-5-1)43(30-14-6-2-7-15-30)33-21-24-39-41(27-33)46-40-25-22-34(28-42(40)47-39)44(31-16-8-3-9-17-31)32-20-23-38-36(26-32)35-18-10-11-19-37(35)45-38/h1-28H. The maximum Gasteiger partial charge on any atom is 0.172 e. The number of hydrogen-bond acceptors (Lipinski definition) is 5. The third-order valence-corrected chi connectivity index (χ3v) is 8.47. The molecule has 0 spiro atoms. The smallest absolute Gasteiger partial charge is 0.172 e. The van der Waals surface area contributed by atoms with Crippen LogP contribution in [0.25, 0.3) is 21.9 Å². The van der Waals surface area contributed by atoms with Gasteiger partial charge in [0.2, 0.25) is 0 Å². The van der Waals surface area contributed by atoms with Gasteiger partial charge in [-0.15, -0.1) is 0 Å². The molecule has 9 rings (SSSR count). The summed E-state index contributed by atoms with van der Waals surface area (Å²) in [6.07, 6.45) is 0. The van der Waals surface area contributed by atoms with Crippen LogP contribution in [-0.4, -0.2) is 0 Å². The van der Waals surface area contributed by atoms with Crippen molar-refractivity contribution in [1.29, 1.82) is 0 Å². The number of para-hydroxylation sites is 4. The van der Waals surface area contributed by atoms with Crippen LogP contribution in [0.2, 0.25) is 0 Å². The van der Waals surface area contributed by atoms with Crippen LogP contribution in [0.1, 0.15) is 0 Å². The monoisotopic (exact) mass is 608 g/mol. The van der Waals surface area contributed by atoms with Crippen molar-refractivity contribution >= 4 is 56.1 Å². The molecule has 0 N–H and O–H groups in total. The van der Waals surface area contributed by atoms with E-state index in [0.29, 0.717) is 23.0 Å². The van der Waals surface area contributed by atoms with E-state index in [-0.39, 0.29) is 0 Å². The molecule has 8 aromatic rings. The highest BCUT2D eigenvalue weighted by Crippen LogP contribution is 2.50. The van der Waals surface area contributed by atoms with Crippen molar-refractivity contribution in [2.45, 2.75) is 0 Å². The van der Waals surface area contributed by atoms with Gasteiger partial charge in [-0.3, -0.25) is 0 Å². The van der Waals surface area contributed by atoms with E-state index in [2.05, 4.69) is 76.5 Å². The molecule has 7 aromatic carbocycles. The summed E-state index contributed by atoms with van der Waals surface area (Å²) >= 11 is 0. The first kappa shape index (κ1) is 26.9. The Balaban J connectivity index is 1.09. The molecule has 0 aliphatic carbocycles. The fraction of sp³-hybridized carbons (Fsp3) is 0. The Morgan fingerprint density at radius 2 is 0.723 bits per heavy atom. The van der Waals surface area contributed by atoms with E-state index < -0.39 is 0 Å². The average Bonchev–Trinajstić information content (AvgIpc) is 3.50. The SMILES string of the molecule is c1ccc(N(c2ccccc2)c2ccc3c(c2)Oc2ccc(N(c4ccccc4)c4ccc5oc6ccccc6c5c4)cc2O3)cc1. The lowest BCUT2D eigenvalue weighted by molar-refractivity contribution is 0.360. The second kappa shape index (κ2) is 11.2. The van der Waals surface area contributed by atoms with Crippen molar-refractivity contribution in [2.75, 3.05) is 9.80 Å². The predicted molar refractivity (Wildman–Crippen MR) is 190 cm³/mol. The molecule has 0 saturated carbocycles. The summed E-state index contributed by atoms with van der Waals surface area (Å²) in [7, 11) is 0. The third-order valence-electron chi connectivity index (χ3n) is 8.47. The van der Waals surface area contributed by atoms with E-state index >= 15 is 0 Å². The van der Waals surface area contributed by atoms with Gasteiger partial charge in [-0.25, -0.2) is 0 Å². The Morgan fingerprint density at radius 1 is 0.298 bits per heavy atom. The number of benzene rings is 7. The minimum Gasteiger partial charge on any atom is -0.456 e. The number of nitrogens with zero attached hydrogens (tertiary/aromatic N) is 2. The van der Waals surface area contributed by atoms with Gasteiger partial charge in [0.05, 0.1) is 11.4 Å². The second-order valence-corrected chi connectivity index (χ2v) is 11.4. The van der Waals surface area contributed by atoms with Crippen molar-refractivity contribution in [3.05, 3.63) is 170 Å². The molecule has 224 valence electrons. The summed E-state index contributed by atoms with van der Waals surface area (Å²) in [5.41, 5.74) is 7.82. The van der Waals surface area contributed by atoms with Gasteiger partial charge in [0, 0.05) is 45.7 Å². The van der Waals surface area contributed by atoms with Gasteiger partial charge < -0.3 is 23.7 Å². The first-order valence-electron chi connectivity index (χ1n) is 15.6. The molecule has 5 nitrogen and oxygen atoms in total. The summed E-state index contributed by atoms with van der Waals surface area (Å²) in [6, 6.07) is 57.6. The molecule has 0 amide bonds. The third kappa shape index (κ3) is 4.82. The number of anilines is 6. The lowest BCUT2D eigenvalue weighted by atomic mass is 10.1. The van der Waals surface area contributed by atoms with Gasteiger partial charge in [0.1, 0.15) is 11.2 Å². The van der Waals surface area contributed by atoms with Crippen LogP contribution in [0.4, 0.5) is 34.1 Å². The Hall–Kier alpha value is -6.46. The summed E-state index contributed by atoms with van der Waals surface area (Å²) in [6.45, 7) is 0. The van der Waals surface area contributed by atoms with E-state index in [0.717, 1.165) is 56.1 Å². The van der Waals surface area contributed by atoms with Crippen LogP contribution in [0, 0.1) is 0 Å². The van der Waals surface area contributed by atoms with Crippen molar-refractivity contribution in [3.63, 3.8) is 0 Å². The highest BCUT2D eigenvalue weighted by atomic mass is 16.6. The van der Waals surface area contributed by atoms with E-state index in [1.54, 1.807) is 0 Å². The highest BCUT2D eigenvalue weighted by Gasteiger charge is 2.24. The molecule has 0 fully saturated rings. The minimum atomic E-state index is 0.654. The highest BCUT2D eigenvalue weighted by molar-refractivity contribution is 6.06. The second-order valence-electron chi connectivity index (χ2n) is 11.4. The van der Waals surface area contributed by atoms with Gasteiger partial charge in [-0.1, -0.05) is 72.8 Å². The molecule has 0 radical (unpaired) electrons. The molecule has 1 aromatic heterocycles. The van der Waals surface area contributed by atoms with Crippen molar-refractivity contribution in [3.8, 4) is 23.0 Å². The lowest BCUT2D eigenvalue weighted by Gasteiger charge is -2.29. The topological polar surface area (TPSA) is 38.1 Å². The Kier molecular flexibility index (Phi) is 6.39. The van der Waals surface area contributed by atoms with Crippen LogP contribution in [-0.2, 0) is 0 Å². The molecule has 0 bridgehead atoms. The van der Waals surface area contributed by atoms with Crippen molar-refractivity contribution < 1.29 is 13.9 Å². The van der Waals surface area contributed by atoms with Gasteiger partial charge in [-0.05, 0) is 84.9 Å². The van der Waals surface area contributed by atoms with Gasteiger partial charge in [0.25, 0.3) is 0 Å². The Morgan fingerprint density at radius 3 is 1.28 bits per heavy atom. The van der Waals surface area contributed by atoms with Gasteiger partial charge in [-0.2, -0.15) is 0 Å². The molecule has 1 aliphatic rings. The van der Waals surface area contributed by atoms with Crippen molar-refractivity contribution in [1.82, 2.24) is 0 Å². The van der Waals surface area contributed by atoms with Crippen molar-refractivity contribution in [2.24, 2.45) is 0 Å². The summed E-state index contributed by atoms with van der Waals surface area (Å²) < 4.78 is 19.1. The number of rotatable bonds is 6. The van der Waals surface area contributed by atoms with Crippen LogP contribution in [0.15, 0.2) is 174 Å². The summed E-state index contributed by atoms with van der Waals surface area (Å²) in [4.78, 5) is 4.43. The lowest BCUT2D eigenvalue weighted by Crippen LogP contribution is -2.11. The van der Waals surface area contributed by atoms with Crippen LogP contribution in [0.3, 0.4) is 0 Å². The molecule has 0 atom stereocenters. The predicted octanol–water partition coefficient (Wildman–Crippen LogP) is 12.4. The molecular weight excluding hydrogens is 580 g/mol. The number of furan rings is 1. The van der Waals surface area contributed by atoms with E-state index in [1.807, 2.05) is 103 Å². The minimum absolute atomic E-state index is 0.654. The number of fused-ring (bicyclic) bond motifs is 5. The molecule has 0 saturated heterocycles. The molecule has 5 heteroatoms. The number of ether oxygens (including phenoxy) is 2. The Bertz CT molecular complexity index is 2330. The molecule has 1 aliphatic heterocycles. The first-order chi connectivity index (χ1) is 23.3. The molecular formula is C42H28N2O3. The first-order valence-corrected chi connectivity index (χ1v) is 15.6. The quantitative estimate of drug-likeness (QED) is 0.188. The normalized spacial score (nSPS) is 11.7. The van der Waals surface area contributed by atoms with Gasteiger partial charge in [0.15, 0.2) is 23.0 Å². The van der Waals surface area contributed by atoms with Gasteiger partial charge >= 0.3 is 0 Å². The fourth-order valence-corrected chi connectivity index (χ4v) is 6.32. The molecule has 47 heavy (non-hydrogen) atoms. The van der Waals surface area contributed by atoms with E-state index in [9.17, 15) is 0 Å². The maximum atomic E-state index is 6.52. The van der Waals surface area contributed by atoms with Crippen LogP contribution < -0.4 is 19.3 Å². The zero-order valence-electron chi connectivity index (χ0n) is 25.3. The Labute approximate surface area is 272 Å². The zero-order chi connectivity index (χ0) is 31.2. The largest absolute Gasteiger partial charge is 0.456 e. The average molecular weight is 609 g/mol. The fourth-order valence-electron chi connectivity index (χ4n) is 6.32. The van der Waals surface area contributed by atoms with E-state index in [1.165, 1.54) is 0 Å². The number of hydrogen-bond donors (Lipinski definition) is 0. The maximum absolute atomic E-state index is 6.52. The summed E-state index contributed by atoms with van der Waals surface area (Å²) in [5.74, 6) is 2.64. The molecule has 0 unspecified atom stereocenters.